The van der Waals surface area contributed by atoms with Crippen LogP contribution in [-0.2, 0) is 11.2 Å². The van der Waals surface area contributed by atoms with Crippen LogP contribution in [0.1, 0.15) is 24.8 Å². The first-order valence-electron chi connectivity index (χ1n) is 6.76. The minimum Gasteiger partial charge on any atom is -0.493 e. The molecule has 4 nitrogen and oxygen atoms in total. The lowest BCUT2D eigenvalue weighted by molar-refractivity contribution is -0.128. The molecule has 0 N–H and O–H groups in total. The predicted molar refractivity (Wildman–Crippen MR) is 73.7 cm³/mol. The number of amides is 1. The minimum atomic E-state index is 0.141. The molecular weight excluding hydrogens is 242 g/mol. The van der Waals surface area contributed by atoms with E-state index in [1.165, 1.54) is 0 Å². The van der Waals surface area contributed by atoms with Crippen LogP contribution in [0.15, 0.2) is 18.2 Å². The van der Waals surface area contributed by atoms with Crippen molar-refractivity contribution in [3.63, 3.8) is 0 Å². The number of rotatable bonds is 5. The van der Waals surface area contributed by atoms with Crippen LogP contribution >= 0.6 is 0 Å². The Hall–Kier alpha value is -1.71. The van der Waals surface area contributed by atoms with E-state index in [4.69, 9.17) is 9.47 Å². The molecule has 2 rings (SSSR count). The highest BCUT2D eigenvalue weighted by Crippen LogP contribution is 2.32. The molecule has 0 radical (unpaired) electrons. The van der Waals surface area contributed by atoms with Gasteiger partial charge in [-0.1, -0.05) is 6.07 Å². The Morgan fingerprint density at radius 1 is 1.42 bits per heavy atom. The average molecular weight is 263 g/mol. The summed E-state index contributed by atoms with van der Waals surface area (Å²) >= 11 is 0. The molecule has 104 valence electrons. The zero-order valence-corrected chi connectivity index (χ0v) is 11.6. The third-order valence-corrected chi connectivity index (χ3v) is 3.21. The molecule has 0 unspecified atom stereocenters. The maximum atomic E-state index is 11.4. The van der Waals surface area contributed by atoms with E-state index in [1.54, 1.807) is 19.0 Å². The number of nitrogens with zero attached hydrogens (tertiary/aromatic N) is 1. The van der Waals surface area contributed by atoms with Gasteiger partial charge in [-0.2, -0.15) is 0 Å². The number of fused-ring (bicyclic) bond motifs is 1. The van der Waals surface area contributed by atoms with Gasteiger partial charge in [0, 0.05) is 26.1 Å². The highest BCUT2D eigenvalue weighted by Gasteiger charge is 2.14. The SMILES string of the molecule is CN(C)C(=O)CCCOc1cccc2c1CCCO2. The molecule has 0 saturated carbocycles. The molecule has 0 atom stereocenters. The molecule has 1 aliphatic heterocycles. The lowest BCUT2D eigenvalue weighted by Gasteiger charge is -2.20. The minimum absolute atomic E-state index is 0.141. The molecule has 19 heavy (non-hydrogen) atoms. The van der Waals surface area contributed by atoms with Gasteiger partial charge in [-0.3, -0.25) is 4.79 Å². The van der Waals surface area contributed by atoms with E-state index in [1.807, 2.05) is 18.2 Å². The Balaban J connectivity index is 1.85. The predicted octanol–water partition coefficient (Wildman–Crippen LogP) is 2.26. The Labute approximate surface area is 114 Å². The van der Waals surface area contributed by atoms with E-state index >= 15 is 0 Å². The van der Waals surface area contributed by atoms with Crippen molar-refractivity contribution in [1.82, 2.24) is 4.90 Å². The number of hydrogen-bond acceptors (Lipinski definition) is 3. The highest BCUT2D eigenvalue weighted by molar-refractivity contribution is 5.75. The molecule has 4 heteroatoms. The molecule has 1 aliphatic rings. The topological polar surface area (TPSA) is 38.8 Å². The molecule has 1 heterocycles. The van der Waals surface area contributed by atoms with Crippen molar-refractivity contribution >= 4 is 5.91 Å². The third-order valence-electron chi connectivity index (χ3n) is 3.21. The fraction of sp³-hybridized carbons (Fsp3) is 0.533. The molecule has 0 fully saturated rings. The van der Waals surface area contributed by atoms with Crippen LogP contribution < -0.4 is 9.47 Å². The maximum absolute atomic E-state index is 11.4. The van der Waals surface area contributed by atoms with Crippen LogP contribution in [0, 0.1) is 0 Å². The number of carbonyl (C=O) groups is 1. The van der Waals surface area contributed by atoms with Gasteiger partial charge in [0.05, 0.1) is 13.2 Å². The van der Waals surface area contributed by atoms with Crippen LogP contribution in [0.4, 0.5) is 0 Å². The van der Waals surface area contributed by atoms with E-state index in [9.17, 15) is 4.79 Å². The summed E-state index contributed by atoms with van der Waals surface area (Å²) in [6.07, 6.45) is 3.30. The van der Waals surface area contributed by atoms with Crippen molar-refractivity contribution in [2.75, 3.05) is 27.3 Å². The third kappa shape index (κ3) is 3.63. The van der Waals surface area contributed by atoms with Gasteiger partial charge in [0.15, 0.2) is 0 Å². The number of ether oxygens (including phenoxy) is 2. The summed E-state index contributed by atoms with van der Waals surface area (Å²) in [5.74, 6) is 1.98. The van der Waals surface area contributed by atoms with Gasteiger partial charge in [-0.15, -0.1) is 0 Å². The van der Waals surface area contributed by atoms with Gasteiger partial charge < -0.3 is 14.4 Å². The second-order valence-electron chi connectivity index (χ2n) is 4.93. The summed E-state index contributed by atoms with van der Waals surface area (Å²) in [5.41, 5.74) is 1.16. The fourth-order valence-electron chi connectivity index (χ4n) is 2.12. The summed E-state index contributed by atoms with van der Waals surface area (Å²) in [6.45, 7) is 1.35. The fourth-order valence-corrected chi connectivity index (χ4v) is 2.12. The standard InChI is InChI=1S/C15H21NO3/c1-16(2)15(17)9-5-11-19-14-8-3-7-13-12(14)6-4-10-18-13/h3,7-8H,4-6,9-11H2,1-2H3. The van der Waals surface area contributed by atoms with Crippen molar-refractivity contribution in [2.24, 2.45) is 0 Å². The molecule has 0 bridgehead atoms. The number of benzene rings is 1. The number of carbonyl (C=O) groups excluding carboxylic acids is 1. The molecular formula is C15H21NO3. The summed E-state index contributed by atoms with van der Waals surface area (Å²) in [4.78, 5) is 13.0. The highest BCUT2D eigenvalue weighted by atomic mass is 16.5. The quantitative estimate of drug-likeness (QED) is 0.765. The van der Waals surface area contributed by atoms with Crippen LogP contribution in [0.25, 0.3) is 0 Å². The van der Waals surface area contributed by atoms with Crippen molar-refractivity contribution in [3.05, 3.63) is 23.8 Å². The molecule has 1 aromatic rings. The smallest absolute Gasteiger partial charge is 0.222 e. The summed E-state index contributed by atoms with van der Waals surface area (Å²) in [6, 6.07) is 5.91. The van der Waals surface area contributed by atoms with Gasteiger partial charge in [0.1, 0.15) is 11.5 Å². The number of hydrogen-bond donors (Lipinski definition) is 0. The summed E-state index contributed by atoms with van der Waals surface area (Å²) in [5, 5.41) is 0. The van der Waals surface area contributed by atoms with E-state index < -0.39 is 0 Å². The van der Waals surface area contributed by atoms with Crippen LogP contribution in [0.3, 0.4) is 0 Å². The van der Waals surface area contributed by atoms with Gasteiger partial charge in [-0.05, 0) is 31.4 Å². The second-order valence-corrected chi connectivity index (χ2v) is 4.93. The van der Waals surface area contributed by atoms with E-state index in [0.29, 0.717) is 13.0 Å². The average Bonchev–Trinajstić information content (AvgIpc) is 2.43. The van der Waals surface area contributed by atoms with Crippen LogP contribution in [-0.4, -0.2) is 38.1 Å². The van der Waals surface area contributed by atoms with E-state index in [-0.39, 0.29) is 5.91 Å². The Bertz CT molecular complexity index is 443. The van der Waals surface area contributed by atoms with Crippen molar-refractivity contribution in [1.29, 1.82) is 0 Å². The molecule has 1 amide bonds. The Morgan fingerprint density at radius 3 is 3.05 bits per heavy atom. The van der Waals surface area contributed by atoms with E-state index in [2.05, 4.69) is 0 Å². The molecule has 0 spiro atoms. The zero-order valence-electron chi connectivity index (χ0n) is 11.6. The van der Waals surface area contributed by atoms with Crippen LogP contribution in [0.5, 0.6) is 11.5 Å². The first-order valence-corrected chi connectivity index (χ1v) is 6.76. The van der Waals surface area contributed by atoms with Crippen LogP contribution in [0.2, 0.25) is 0 Å². The lowest BCUT2D eigenvalue weighted by atomic mass is 10.1. The van der Waals surface area contributed by atoms with Gasteiger partial charge in [0.2, 0.25) is 5.91 Å². The maximum Gasteiger partial charge on any atom is 0.222 e. The van der Waals surface area contributed by atoms with Crippen molar-refractivity contribution < 1.29 is 14.3 Å². The largest absolute Gasteiger partial charge is 0.493 e. The van der Waals surface area contributed by atoms with Crippen molar-refractivity contribution in [3.8, 4) is 11.5 Å². The first-order chi connectivity index (χ1) is 9.18. The summed E-state index contributed by atoms with van der Waals surface area (Å²) in [7, 11) is 3.54. The van der Waals surface area contributed by atoms with Gasteiger partial charge in [0.25, 0.3) is 0 Å². The normalized spacial score (nSPS) is 13.4. The first kappa shape index (κ1) is 13.7. The molecule has 0 aliphatic carbocycles. The van der Waals surface area contributed by atoms with Crippen molar-refractivity contribution in [2.45, 2.75) is 25.7 Å². The molecule has 0 aromatic heterocycles. The van der Waals surface area contributed by atoms with Gasteiger partial charge in [-0.25, -0.2) is 0 Å². The Kier molecular flexibility index (Phi) is 4.66. The monoisotopic (exact) mass is 263 g/mol. The lowest BCUT2D eigenvalue weighted by Crippen LogP contribution is -2.21. The molecule has 0 saturated heterocycles. The summed E-state index contributed by atoms with van der Waals surface area (Å²) < 4.78 is 11.4. The Morgan fingerprint density at radius 2 is 2.26 bits per heavy atom. The second kappa shape index (κ2) is 6.45. The van der Waals surface area contributed by atoms with E-state index in [0.717, 1.165) is 42.9 Å². The zero-order chi connectivity index (χ0) is 13.7. The van der Waals surface area contributed by atoms with Gasteiger partial charge >= 0.3 is 0 Å². The molecule has 1 aromatic carbocycles.